The Bertz CT molecular complexity index is 757. The van der Waals surface area contributed by atoms with E-state index in [4.69, 9.17) is 4.84 Å². The number of urea groups is 1. The van der Waals surface area contributed by atoms with E-state index in [0.717, 1.165) is 18.5 Å². The number of hydrogen-bond donors (Lipinski definition) is 0. The number of benzene rings is 2. The van der Waals surface area contributed by atoms with E-state index in [0.29, 0.717) is 6.54 Å². The summed E-state index contributed by atoms with van der Waals surface area (Å²) in [7, 11) is 0. The van der Waals surface area contributed by atoms with Gasteiger partial charge in [-0.25, -0.2) is 9.63 Å². The first-order chi connectivity index (χ1) is 11.6. The molecule has 0 aromatic heterocycles. The van der Waals surface area contributed by atoms with Crippen molar-refractivity contribution in [2.24, 2.45) is 0 Å². The van der Waals surface area contributed by atoms with Crippen molar-refractivity contribution < 1.29 is 9.63 Å². The van der Waals surface area contributed by atoms with Crippen LogP contribution >= 0.6 is 0 Å². The molecule has 24 heavy (non-hydrogen) atoms. The third kappa shape index (κ3) is 2.67. The fourth-order valence-corrected chi connectivity index (χ4v) is 3.64. The summed E-state index contributed by atoms with van der Waals surface area (Å²) in [6.07, 6.45) is 0.641. The number of carbonyl (C=O) groups is 1. The molecule has 1 atom stereocenters. The van der Waals surface area contributed by atoms with Gasteiger partial charge in [0.1, 0.15) is 0 Å². The van der Waals surface area contributed by atoms with Gasteiger partial charge in [-0.05, 0) is 17.5 Å². The van der Waals surface area contributed by atoms with Gasteiger partial charge in [-0.3, -0.25) is 0 Å². The molecule has 2 aliphatic heterocycles. The lowest BCUT2D eigenvalue weighted by molar-refractivity contribution is 0.132. The van der Waals surface area contributed by atoms with Crippen molar-refractivity contribution in [3.63, 3.8) is 0 Å². The first kappa shape index (κ1) is 15.2. The molecule has 2 aromatic rings. The van der Waals surface area contributed by atoms with Crippen molar-refractivity contribution >= 4 is 6.03 Å². The molecule has 1 fully saturated rings. The Morgan fingerprint density at radius 2 is 1.79 bits per heavy atom. The fourth-order valence-electron chi connectivity index (χ4n) is 3.64. The predicted octanol–water partition coefficient (Wildman–Crippen LogP) is 3.89. The molecule has 0 bridgehead atoms. The molecule has 0 saturated carbocycles. The normalized spacial score (nSPS) is 21.8. The van der Waals surface area contributed by atoms with Gasteiger partial charge in [0, 0.05) is 24.1 Å². The van der Waals surface area contributed by atoms with E-state index in [9.17, 15) is 4.79 Å². The third-order valence-corrected chi connectivity index (χ3v) is 4.91. The zero-order valence-corrected chi connectivity index (χ0v) is 14.1. The molecular weight excluding hydrogens is 300 g/mol. The summed E-state index contributed by atoms with van der Waals surface area (Å²) in [6, 6.07) is 18.3. The van der Waals surface area contributed by atoms with Gasteiger partial charge in [0.05, 0.1) is 0 Å². The molecule has 4 heteroatoms. The van der Waals surface area contributed by atoms with Crippen LogP contribution in [0.4, 0.5) is 4.79 Å². The summed E-state index contributed by atoms with van der Waals surface area (Å²) in [5.74, 6) is 0. The minimum atomic E-state index is -0.243. The van der Waals surface area contributed by atoms with Crippen molar-refractivity contribution in [2.45, 2.75) is 31.9 Å². The molecule has 2 aromatic carbocycles. The van der Waals surface area contributed by atoms with Gasteiger partial charge >= 0.3 is 6.03 Å². The second-order valence-electron chi connectivity index (χ2n) is 7.19. The Hall–Kier alpha value is -2.33. The Labute approximate surface area is 142 Å². The summed E-state index contributed by atoms with van der Waals surface area (Å²) >= 11 is 0. The number of amides is 2. The lowest BCUT2D eigenvalue weighted by atomic mass is 9.82. The molecule has 2 amide bonds. The second kappa shape index (κ2) is 5.64. The minimum Gasteiger partial charge on any atom is -0.322 e. The van der Waals surface area contributed by atoms with E-state index in [1.807, 2.05) is 35.2 Å². The smallest absolute Gasteiger partial charge is 0.322 e. The number of fused-ring (bicyclic) bond motifs is 1. The molecular formula is C20H22N2O2. The minimum absolute atomic E-state index is 0.0373. The zero-order chi connectivity index (χ0) is 16.7. The molecule has 124 valence electrons. The largest absolute Gasteiger partial charge is 0.346 e. The summed E-state index contributed by atoms with van der Waals surface area (Å²) < 4.78 is 0. The van der Waals surface area contributed by atoms with Crippen LogP contribution in [0.5, 0.6) is 0 Å². The summed E-state index contributed by atoms with van der Waals surface area (Å²) in [5, 5.41) is 1.49. The van der Waals surface area contributed by atoms with Crippen molar-refractivity contribution in [3.05, 3.63) is 71.3 Å². The average molecular weight is 322 g/mol. The number of hydroxylamine groups is 2. The topological polar surface area (TPSA) is 35.9 Å². The van der Waals surface area contributed by atoms with Gasteiger partial charge in [0.2, 0.25) is 6.23 Å². The highest BCUT2D eigenvalue weighted by Crippen LogP contribution is 2.39. The maximum atomic E-state index is 12.9. The lowest BCUT2D eigenvalue weighted by Gasteiger charge is -2.30. The third-order valence-electron chi connectivity index (χ3n) is 4.91. The van der Waals surface area contributed by atoms with Crippen molar-refractivity contribution in [2.75, 3.05) is 13.1 Å². The highest BCUT2D eigenvalue weighted by molar-refractivity contribution is 5.75. The number of nitrogens with zero attached hydrogens (tertiary/aromatic N) is 2. The van der Waals surface area contributed by atoms with Gasteiger partial charge < -0.3 is 4.90 Å². The van der Waals surface area contributed by atoms with Crippen LogP contribution < -0.4 is 0 Å². The molecule has 0 spiro atoms. The summed E-state index contributed by atoms with van der Waals surface area (Å²) in [4.78, 5) is 20.3. The first-order valence-electron chi connectivity index (χ1n) is 8.44. The van der Waals surface area contributed by atoms with Crippen molar-refractivity contribution in [1.82, 2.24) is 9.96 Å². The zero-order valence-electron chi connectivity index (χ0n) is 14.1. The number of hydrogen-bond acceptors (Lipinski definition) is 2. The Morgan fingerprint density at radius 3 is 2.58 bits per heavy atom. The van der Waals surface area contributed by atoms with Crippen LogP contribution in [-0.2, 0) is 16.7 Å². The van der Waals surface area contributed by atoms with Crippen LogP contribution in [0.1, 0.15) is 36.8 Å². The second-order valence-corrected chi connectivity index (χ2v) is 7.19. The van der Waals surface area contributed by atoms with Crippen molar-refractivity contribution in [1.29, 1.82) is 0 Å². The molecule has 4 nitrogen and oxygen atoms in total. The van der Waals surface area contributed by atoms with Crippen LogP contribution in [0.25, 0.3) is 0 Å². The molecule has 2 heterocycles. The van der Waals surface area contributed by atoms with E-state index in [2.05, 4.69) is 38.1 Å². The quantitative estimate of drug-likeness (QED) is 0.747. The monoisotopic (exact) mass is 322 g/mol. The van der Waals surface area contributed by atoms with Crippen LogP contribution in [-0.4, -0.2) is 29.1 Å². The number of rotatable bonds is 1. The Kier molecular flexibility index (Phi) is 3.57. The molecule has 1 saturated heterocycles. The maximum Gasteiger partial charge on any atom is 0.346 e. The molecule has 0 aliphatic carbocycles. The molecule has 0 radical (unpaired) electrons. The van der Waals surface area contributed by atoms with E-state index < -0.39 is 0 Å². The van der Waals surface area contributed by atoms with E-state index >= 15 is 0 Å². The highest BCUT2D eigenvalue weighted by Gasteiger charge is 2.46. The van der Waals surface area contributed by atoms with Crippen LogP contribution in [0.3, 0.4) is 0 Å². The molecule has 0 N–H and O–H groups in total. The highest BCUT2D eigenvalue weighted by atomic mass is 16.8. The molecule has 4 rings (SSSR count). The van der Waals surface area contributed by atoms with Crippen LogP contribution in [0, 0.1) is 0 Å². The van der Waals surface area contributed by atoms with Gasteiger partial charge in [-0.1, -0.05) is 68.4 Å². The molecule has 1 unspecified atom stereocenters. The van der Waals surface area contributed by atoms with Gasteiger partial charge in [0.15, 0.2) is 0 Å². The lowest BCUT2D eigenvalue weighted by Crippen LogP contribution is -2.42. The van der Waals surface area contributed by atoms with Gasteiger partial charge in [-0.15, -0.1) is 0 Å². The van der Waals surface area contributed by atoms with E-state index in [-0.39, 0.29) is 17.7 Å². The maximum absolute atomic E-state index is 12.9. The van der Waals surface area contributed by atoms with E-state index in [1.165, 1.54) is 16.2 Å². The van der Waals surface area contributed by atoms with Crippen molar-refractivity contribution in [3.8, 4) is 0 Å². The van der Waals surface area contributed by atoms with Gasteiger partial charge in [-0.2, -0.15) is 5.06 Å². The number of carbonyl (C=O) groups excluding carboxylic acids is 1. The van der Waals surface area contributed by atoms with Crippen LogP contribution in [0.2, 0.25) is 0 Å². The summed E-state index contributed by atoms with van der Waals surface area (Å²) in [5.41, 5.74) is 3.63. The standard InChI is InChI=1S/C20H22N2O2/c1-20(2)14-21(13-12-15-8-6-7-11-17(15)20)19(23)22-18(24-22)16-9-4-3-5-10-16/h3-11,18H,12-14H2,1-2H3. The Morgan fingerprint density at radius 1 is 1.08 bits per heavy atom. The SMILES string of the molecule is CC1(C)CN(C(=O)N2OC2c2ccccc2)CCc2ccccc21. The average Bonchev–Trinajstić information content (AvgIpc) is 3.40. The molecule has 2 aliphatic rings. The fraction of sp³-hybridized carbons (Fsp3) is 0.350. The predicted molar refractivity (Wildman–Crippen MR) is 92.2 cm³/mol. The summed E-state index contributed by atoms with van der Waals surface area (Å²) in [6.45, 7) is 5.83. The van der Waals surface area contributed by atoms with E-state index in [1.54, 1.807) is 0 Å². The van der Waals surface area contributed by atoms with Crippen LogP contribution in [0.15, 0.2) is 54.6 Å². The Balaban J connectivity index is 1.51. The van der Waals surface area contributed by atoms with Gasteiger partial charge in [0.25, 0.3) is 0 Å². The first-order valence-corrected chi connectivity index (χ1v) is 8.44.